The molecule has 0 fully saturated rings. The van der Waals surface area contributed by atoms with Crippen LogP contribution in [0.2, 0.25) is 0 Å². The Morgan fingerprint density at radius 2 is 1.59 bits per heavy atom. The summed E-state index contributed by atoms with van der Waals surface area (Å²) in [6.07, 6.45) is 1.15. The number of non-ortho nitro benzene ring substituents is 1. The molecule has 148 valence electrons. The van der Waals surface area contributed by atoms with Crippen molar-refractivity contribution in [2.75, 3.05) is 5.32 Å². The smallest absolute Gasteiger partial charge is 0.338 e. The number of benzene rings is 3. The van der Waals surface area contributed by atoms with Crippen LogP contribution >= 0.6 is 0 Å². The van der Waals surface area contributed by atoms with Crippen molar-refractivity contribution in [2.45, 2.75) is 12.8 Å². The maximum atomic E-state index is 13.3. The lowest BCUT2D eigenvalue weighted by Crippen LogP contribution is -2.04. The number of hydrogen-bond donors (Lipinski definition) is 2. The van der Waals surface area contributed by atoms with Crippen LogP contribution in [0.25, 0.3) is 0 Å². The van der Waals surface area contributed by atoms with Gasteiger partial charge in [-0.1, -0.05) is 18.2 Å². The lowest BCUT2D eigenvalue weighted by molar-refractivity contribution is -0.384. The monoisotopic (exact) mass is 398 g/mol. The third-order valence-corrected chi connectivity index (χ3v) is 4.36. The predicted molar refractivity (Wildman–Crippen MR) is 104 cm³/mol. The summed E-state index contributed by atoms with van der Waals surface area (Å²) in [4.78, 5) is 21.6. The van der Waals surface area contributed by atoms with E-state index in [4.69, 9.17) is 0 Å². The van der Waals surface area contributed by atoms with Crippen LogP contribution in [0.15, 0.2) is 60.7 Å². The Morgan fingerprint density at radius 1 is 0.931 bits per heavy atom. The molecule has 3 aromatic carbocycles. The van der Waals surface area contributed by atoms with Crippen LogP contribution in [0.1, 0.15) is 21.5 Å². The third kappa shape index (κ3) is 4.92. The van der Waals surface area contributed by atoms with Crippen LogP contribution in [0.4, 0.5) is 25.8 Å². The summed E-state index contributed by atoms with van der Waals surface area (Å²) in [7, 11) is 0. The number of carbonyl (C=O) groups is 1. The molecule has 3 rings (SSSR count). The van der Waals surface area contributed by atoms with Gasteiger partial charge in [0.25, 0.3) is 5.69 Å². The molecule has 8 heteroatoms. The van der Waals surface area contributed by atoms with E-state index < -0.39 is 22.5 Å². The highest BCUT2D eigenvalue weighted by Crippen LogP contribution is 2.26. The molecule has 2 N–H and O–H groups in total. The highest BCUT2D eigenvalue weighted by molar-refractivity contribution is 5.96. The summed E-state index contributed by atoms with van der Waals surface area (Å²) in [6, 6.07) is 14.5. The van der Waals surface area contributed by atoms with Crippen molar-refractivity contribution in [3.63, 3.8) is 0 Å². The molecule has 0 heterocycles. The lowest BCUT2D eigenvalue weighted by atomic mass is 10.0. The number of nitrogens with zero attached hydrogens (tertiary/aromatic N) is 1. The average Bonchev–Trinajstić information content (AvgIpc) is 2.70. The second kappa shape index (κ2) is 8.47. The van der Waals surface area contributed by atoms with E-state index in [0.717, 1.165) is 17.7 Å². The number of nitro benzene ring substituents is 1. The first-order valence-corrected chi connectivity index (χ1v) is 8.65. The second-order valence-corrected chi connectivity index (χ2v) is 6.36. The fraction of sp³-hybridized carbons (Fsp3) is 0.0952. The van der Waals surface area contributed by atoms with Gasteiger partial charge in [-0.3, -0.25) is 10.1 Å². The van der Waals surface area contributed by atoms with Crippen LogP contribution in [-0.2, 0) is 12.8 Å². The Kier molecular flexibility index (Phi) is 5.82. The fourth-order valence-electron chi connectivity index (χ4n) is 2.83. The van der Waals surface area contributed by atoms with E-state index in [-0.39, 0.29) is 16.9 Å². The minimum atomic E-state index is -1.28. The molecule has 3 aromatic rings. The highest BCUT2D eigenvalue weighted by atomic mass is 19.2. The molecular formula is C21H16F2N2O4. The molecule has 0 aliphatic heterocycles. The summed E-state index contributed by atoms with van der Waals surface area (Å²) < 4.78 is 26.2. The zero-order valence-electron chi connectivity index (χ0n) is 15.1. The molecule has 0 saturated heterocycles. The number of aryl methyl sites for hydroxylation is 2. The fourth-order valence-corrected chi connectivity index (χ4v) is 2.83. The zero-order chi connectivity index (χ0) is 21.0. The number of carboxylic acid groups (broad SMARTS) is 1. The molecule has 0 unspecified atom stereocenters. The van der Waals surface area contributed by atoms with Gasteiger partial charge >= 0.3 is 5.97 Å². The van der Waals surface area contributed by atoms with Crippen LogP contribution < -0.4 is 5.32 Å². The molecule has 6 nitrogen and oxygen atoms in total. The number of nitrogens with one attached hydrogen (secondary N) is 1. The maximum Gasteiger partial charge on any atom is 0.338 e. The number of anilines is 2. The van der Waals surface area contributed by atoms with Crippen LogP contribution in [0.3, 0.4) is 0 Å². The van der Waals surface area contributed by atoms with Crippen molar-refractivity contribution in [2.24, 2.45) is 0 Å². The first-order chi connectivity index (χ1) is 13.8. The highest BCUT2D eigenvalue weighted by Gasteiger charge is 2.16. The molecule has 0 aliphatic rings. The molecule has 0 bridgehead atoms. The van der Waals surface area contributed by atoms with Crippen LogP contribution in [0, 0.1) is 21.7 Å². The van der Waals surface area contributed by atoms with Gasteiger partial charge in [0.05, 0.1) is 16.2 Å². The van der Waals surface area contributed by atoms with Gasteiger partial charge in [-0.15, -0.1) is 0 Å². The number of halogens is 2. The van der Waals surface area contributed by atoms with Gasteiger partial charge in [-0.05, 0) is 54.3 Å². The van der Waals surface area contributed by atoms with Crippen molar-refractivity contribution in [3.8, 4) is 0 Å². The Hall–Kier alpha value is -3.81. The van der Waals surface area contributed by atoms with Crippen molar-refractivity contribution in [3.05, 3.63) is 99.1 Å². The van der Waals surface area contributed by atoms with Crippen LogP contribution in [-0.4, -0.2) is 16.0 Å². The third-order valence-electron chi connectivity index (χ3n) is 4.36. The molecule has 0 aromatic heterocycles. The molecule has 0 saturated carbocycles. The first kappa shape index (κ1) is 19.9. The summed E-state index contributed by atoms with van der Waals surface area (Å²) in [6.45, 7) is 0. The normalized spacial score (nSPS) is 10.6. The molecule has 0 spiro atoms. The molecule has 0 aliphatic carbocycles. The van der Waals surface area contributed by atoms with Gasteiger partial charge in [-0.25, -0.2) is 13.6 Å². The summed E-state index contributed by atoms with van der Waals surface area (Å²) in [5.41, 5.74) is 1.98. The Bertz CT molecular complexity index is 1070. The molecule has 0 atom stereocenters. The molecular weight excluding hydrogens is 382 g/mol. The Labute approximate surface area is 164 Å². The van der Waals surface area contributed by atoms with Crippen molar-refractivity contribution >= 4 is 23.0 Å². The van der Waals surface area contributed by atoms with Gasteiger partial charge in [0.2, 0.25) is 0 Å². The van der Waals surface area contributed by atoms with Gasteiger partial charge < -0.3 is 10.4 Å². The van der Waals surface area contributed by atoms with Gasteiger partial charge in [0.1, 0.15) is 0 Å². The predicted octanol–water partition coefficient (Wildman–Crippen LogP) is 5.10. The van der Waals surface area contributed by atoms with Gasteiger partial charge in [-0.2, -0.15) is 0 Å². The van der Waals surface area contributed by atoms with Crippen LogP contribution in [0.5, 0.6) is 0 Å². The lowest BCUT2D eigenvalue weighted by Gasteiger charge is -2.10. The Balaban J connectivity index is 1.69. The SMILES string of the molecule is O=C(O)c1cc([N+](=O)[O-])ccc1Nc1ccc(CCc2ccc(F)c(F)c2)cc1. The van der Waals surface area contributed by atoms with Crippen molar-refractivity contribution in [1.29, 1.82) is 0 Å². The number of aromatic carboxylic acids is 1. The largest absolute Gasteiger partial charge is 0.478 e. The van der Waals surface area contributed by atoms with E-state index >= 15 is 0 Å². The minimum Gasteiger partial charge on any atom is -0.478 e. The summed E-state index contributed by atoms with van der Waals surface area (Å²) in [5, 5.41) is 23.1. The number of rotatable bonds is 7. The van der Waals surface area contributed by atoms with Gasteiger partial charge in [0.15, 0.2) is 11.6 Å². The topological polar surface area (TPSA) is 92.5 Å². The first-order valence-electron chi connectivity index (χ1n) is 8.65. The number of hydrogen-bond acceptors (Lipinski definition) is 4. The zero-order valence-corrected chi connectivity index (χ0v) is 15.1. The van der Waals surface area contributed by atoms with Gasteiger partial charge in [0, 0.05) is 17.8 Å². The number of carboxylic acids is 1. The summed E-state index contributed by atoms with van der Waals surface area (Å²) in [5.74, 6) is -3.03. The van der Waals surface area contributed by atoms with E-state index in [2.05, 4.69) is 5.32 Å². The molecule has 29 heavy (non-hydrogen) atoms. The van der Waals surface area contributed by atoms with Crippen molar-refractivity contribution in [1.82, 2.24) is 0 Å². The van der Waals surface area contributed by atoms with Crippen molar-refractivity contribution < 1.29 is 23.6 Å². The second-order valence-electron chi connectivity index (χ2n) is 6.36. The quantitative estimate of drug-likeness (QED) is 0.427. The Morgan fingerprint density at radius 3 is 2.21 bits per heavy atom. The molecule has 0 amide bonds. The average molecular weight is 398 g/mol. The van der Waals surface area contributed by atoms with E-state index in [0.29, 0.717) is 24.1 Å². The maximum absolute atomic E-state index is 13.3. The van der Waals surface area contributed by atoms with E-state index in [1.165, 1.54) is 24.3 Å². The molecule has 0 radical (unpaired) electrons. The van der Waals surface area contributed by atoms with E-state index in [9.17, 15) is 28.8 Å². The minimum absolute atomic E-state index is 0.207. The van der Waals surface area contributed by atoms with E-state index in [1.54, 1.807) is 12.1 Å². The standard InChI is InChI=1S/C21H16F2N2O4/c22-18-9-5-14(11-19(18)23)2-1-13-3-6-15(7-4-13)24-20-10-8-16(25(28)29)12-17(20)21(26)27/h3-12,24H,1-2H2,(H,26,27). The summed E-state index contributed by atoms with van der Waals surface area (Å²) >= 11 is 0. The number of nitro groups is 1. The van der Waals surface area contributed by atoms with E-state index in [1.807, 2.05) is 12.1 Å².